The van der Waals surface area contributed by atoms with Crippen LogP contribution in [0.3, 0.4) is 0 Å². The van der Waals surface area contributed by atoms with Crippen molar-refractivity contribution < 1.29 is 19.4 Å². The normalized spacial score (nSPS) is 35.5. The van der Waals surface area contributed by atoms with Gasteiger partial charge in [-0.25, -0.2) is 4.79 Å². The summed E-state index contributed by atoms with van der Waals surface area (Å²) in [6, 6.07) is 9.44. The van der Waals surface area contributed by atoms with Gasteiger partial charge in [0.15, 0.2) is 6.10 Å². The molecule has 3 rings (SSSR count). The highest BCUT2D eigenvalue weighted by molar-refractivity contribution is 5.83. The minimum absolute atomic E-state index is 0.354. The Kier molecular flexibility index (Phi) is 2.46. The molecule has 0 aliphatic carbocycles. The third-order valence-corrected chi connectivity index (χ3v) is 3.08. The molecule has 0 saturated carbocycles. The molecule has 0 radical (unpaired) electrons. The second-order valence-corrected chi connectivity index (χ2v) is 4.18. The van der Waals surface area contributed by atoms with E-state index in [1.165, 1.54) is 6.08 Å². The number of carbonyl (C=O) groups is 1. The lowest BCUT2D eigenvalue weighted by Crippen LogP contribution is -2.36. The summed E-state index contributed by atoms with van der Waals surface area (Å²) in [6.07, 6.45) is 0.757. The van der Waals surface area contributed by atoms with Crippen molar-refractivity contribution in [3.05, 3.63) is 48.0 Å². The van der Waals surface area contributed by atoms with E-state index in [4.69, 9.17) is 9.47 Å². The van der Waals surface area contributed by atoms with Crippen LogP contribution in [0, 0.1) is 0 Å². The van der Waals surface area contributed by atoms with Crippen molar-refractivity contribution in [2.24, 2.45) is 0 Å². The molecule has 4 heteroatoms. The maximum Gasteiger partial charge on any atom is 0.330 e. The number of benzene rings is 1. The van der Waals surface area contributed by atoms with Gasteiger partial charge in [0.2, 0.25) is 0 Å². The number of ether oxygens (including phenoxy) is 2. The molecule has 0 unspecified atom stereocenters. The van der Waals surface area contributed by atoms with E-state index in [0.29, 0.717) is 0 Å². The van der Waals surface area contributed by atoms with Gasteiger partial charge in [0.05, 0.1) is 0 Å². The van der Waals surface area contributed by atoms with Crippen molar-refractivity contribution in [1.82, 2.24) is 0 Å². The molecule has 88 valence electrons. The molecule has 4 nitrogen and oxygen atoms in total. The first kappa shape index (κ1) is 10.5. The Hall–Kier alpha value is -1.65. The van der Waals surface area contributed by atoms with E-state index >= 15 is 0 Å². The molecule has 1 N–H and O–H groups in total. The fraction of sp³-hybridized carbons (Fsp3) is 0.308. The summed E-state index contributed by atoms with van der Waals surface area (Å²) in [5.41, 5.74) is 0.888. The van der Waals surface area contributed by atoms with Gasteiger partial charge in [-0.15, -0.1) is 0 Å². The van der Waals surface area contributed by atoms with Crippen LogP contribution < -0.4 is 0 Å². The summed E-state index contributed by atoms with van der Waals surface area (Å²) < 4.78 is 10.8. The monoisotopic (exact) mass is 232 g/mol. The molecule has 0 aromatic heterocycles. The third-order valence-electron chi connectivity index (χ3n) is 3.08. The van der Waals surface area contributed by atoms with E-state index in [9.17, 15) is 9.90 Å². The minimum atomic E-state index is -0.823. The van der Waals surface area contributed by atoms with E-state index in [1.807, 2.05) is 30.3 Å². The smallest absolute Gasteiger partial charge is 0.330 e. The lowest BCUT2D eigenvalue weighted by Gasteiger charge is -2.20. The van der Waals surface area contributed by atoms with Gasteiger partial charge in [-0.2, -0.15) is 0 Å². The van der Waals surface area contributed by atoms with E-state index < -0.39 is 24.3 Å². The van der Waals surface area contributed by atoms with Crippen molar-refractivity contribution in [2.45, 2.75) is 24.4 Å². The lowest BCUT2D eigenvalue weighted by molar-refractivity contribution is -0.150. The Morgan fingerprint density at radius 2 is 1.94 bits per heavy atom. The van der Waals surface area contributed by atoms with Crippen LogP contribution >= 0.6 is 0 Å². The average molecular weight is 232 g/mol. The first-order valence-corrected chi connectivity index (χ1v) is 5.53. The van der Waals surface area contributed by atoms with Crippen molar-refractivity contribution in [3.63, 3.8) is 0 Å². The fourth-order valence-corrected chi connectivity index (χ4v) is 2.25. The van der Waals surface area contributed by atoms with Gasteiger partial charge >= 0.3 is 5.97 Å². The number of aliphatic hydroxyl groups excluding tert-OH is 1. The highest BCUT2D eigenvalue weighted by Crippen LogP contribution is 2.36. The number of fused-ring (bicyclic) bond motifs is 1. The standard InChI is InChI=1S/C13H12O4/c14-10-7-6-9-13(17-10)11(15)12(16-9)8-4-2-1-3-5-8/h1-7,9,11-13,15H/t9-,11+,12-,13-/m1/s1. The maximum atomic E-state index is 11.1. The molecule has 2 heterocycles. The van der Waals surface area contributed by atoms with Crippen LogP contribution in [-0.4, -0.2) is 29.4 Å². The Balaban J connectivity index is 1.87. The van der Waals surface area contributed by atoms with Crippen LogP contribution in [0.5, 0.6) is 0 Å². The highest BCUT2D eigenvalue weighted by atomic mass is 16.6. The van der Waals surface area contributed by atoms with Gasteiger partial charge in [0, 0.05) is 6.08 Å². The molecular formula is C13H12O4. The third kappa shape index (κ3) is 1.75. The predicted molar refractivity (Wildman–Crippen MR) is 59.1 cm³/mol. The van der Waals surface area contributed by atoms with Crippen LogP contribution in [0.2, 0.25) is 0 Å². The molecule has 0 spiro atoms. The molecule has 2 aliphatic rings. The van der Waals surface area contributed by atoms with Crippen molar-refractivity contribution >= 4 is 5.97 Å². The number of esters is 1. The van der Waals surface area contributed by atoms with Gasteiger partial charge in [0.25, 0.3) is 0 Å². The summed E-state index contributed by atoms with van der Waals surface area (Å²) in [7, 11) is 0. The number of aliphatic hydroxyl groups is 1. The van der Waals surface area contributed by atoms with Gasteiger partial charge in [-0.3, -0.25) is 0 Å². The summed E-state index contributed by atoms with van der Waals surface area (Å²) in [5, 5.41) is 10.1. The number of rotatable bonds is 1. The Morgan fingerprint density at radius 3 is 2.71 bits per heavy atom. The molecule has 0 bridgehead atoms. The predicted octanol–water partition coefficient (Wildman–Crippen LogP) is 0.969. The fourth-order valence-electron chi connectivity index (χ4n) is 2.25. The van der Waals surface area contributed by atoms with Gasteiger partial charge in [0.1, 0.15) is 18.3 Å². The number of hydrogen-bond donors (Lipinski definition) is 1. The number of hydrogen-bond acceptors (Lipinski definition) is 4. The summed E-state index contributed by atoms with van der Waals surface area (Å²) in [5.74, 6) is -0.428. The summed E-state index contributed by atoms with van der Waals surface area (Å²) in [6.45, 7) is 0. The molecule has 1 aromatic carbocycles. The van der Waals surface area contributed by atoms with Crippen LogP contribution in [0.4, 0.5) is 0 Å². The lowest BCUT2D eigenvalue weighted by atomic mass is 10.0. The zero-order chi connectivity index (χ0) is 11.8. The minimum Gasteiger partial charge on any atom is -0.453 e. The maximum absolute atomic E-state index is 11.1. The van der Waals surface area contributed by atoms with Crippen LogP contribution in [0.25, 0.3) is 0 Å². The zero-order valence-electron chi connectivity index (χ0n) is 9.02. The van der Waals surface area contributed by atoms with E-state index in [2.05, 4.69) is 0 Å². The molecular weight excluding hydrogens is 220 g/mol. The van der Waals surface area contributed by atoms with Crippen molar-refractivity contribution in [1.29, 1.82) is 0 Å². The van der Waals surface area contributed by atoms with Crippen LogP contribution in [-0.2, 0) is 14.3 Å². The average Bonchev–Trinajstić information content (AvgIpc) is 2.68. The first-order chi connectivity index (χ1) is 8.25. The molecule has 17 heavy (non-hydrogen) atoms. The van der Waals surface area contributed by atoms with Gasteiger partial charge in [-0.1, -0.05) is 30.3 Å². The molecule has 2 aliphatic heterocycles. The Labute approximate surface area is 98.5 Å². The van der Waals surface area contributed by atoms with Crippen LogP contribution in [0.1, 0.15) is 11.7 Å². The molecule has 4 atom stereocenters. The SMILES string of the molecule is O=C1C=C[C@H]2O[C@H](c3ccccc3)[C@H](O)[C@@H]2O1. The van der Waals surface area contributed by atoms with Gasteiger partial charge in [-0.05, 0) is 11.6 Å². The van der Waals surface area contributed by atoms with Crippen LogP contribution in [0.15, 0.2) is 42.5 Å². The van der Waals surface area contributed by atoms with Gasteiger partial charge < -0.3 is 14.6 Å². The largest absolute Gasteiger partial charge is 0.453 e. The quantitative estimate of drug-likeness (QED) is 0.733. The van der Waals surface area contributed by atoms with E-state index in [-0.39, 0.29) is 6.10 Å². The van der Waals surface area contributed by atoms with E-state index in [1.54, 1.807) is 6.08 Å². The van der Waals surface area contributed by atoms with E-state index in [0.717, 1.165) is 5.56 Å². The van der Waals surface area contributed by atoms with Crippen molar-refractivity contribution in [3.8, 4) is 0 Å². The zero-order valence-corrected chi connectivity index (χ0v) is 9.02. The van der Waals surface area contributed by atoms with Crippen molar-refractivity contribution in [2.75, 3.05) is 0 Å². The molecule has 1 saturated heterocycles. The molecule has 0 amide bonds. The highest BCUT2D eigenvalue weighted by Gasteiger charge is 2.46. The number of carbonyl (C=O) groups excluding carboxylic acids is 1. The topological polar surface area (TPSA) is 55.8 Å². The first-order valence-electron chi connectivity index (χ1n) is 5.53. The summed E-state index contributed by atoms with van der Waals surface area (Å²) >= 11 is 0. The molecule has 1 fully saturated rings. The molecule has 1 aromatic rings. The Bertz CT molecular complexity index is 454. The summed E-state index contributed by atoms with van der Waals surface area (Å²) in [4.78, 5) is 11.1. The second kappa shape index (κ2) is 3.98. The Morgan fingerprint density at radius 1 is 1.18 bits per heavy atom. The second-order valence-electron chi connectivity index (χ2n) is 4.18.